The highest BCUT2D eigenvalue weighted by atomic mass is 16.6. The third-order valence-electron chi connectivity index (χ3n) is 2.40. The van der Waals surface area contributed by atoms with Crippen LogP contribution in [0.2, 0.25) is 0 Å². The van der Waals surface area contributed by atoms with E-state index in [9.17, 15) is 9.59 Å². The van der Waals surface area contributed by atoms with E-state index in [1.165, 1.54) is 0 Å². The molecule has 0 aromatic heterocycles. The first kappa shape index (κ1) is 16.0. The maximum Gasteiger partial charge on any atom is 0.328 e. The fourth-order valence-corrected chi connectivity index (χ4v) is 1.47. The molecule has 1 aromatic carbocycles. The lowest BCUT2D eigenvalue weighted by molar-refractivity contribution is -0.156. The Morgan fingerprint density at radius 3 is 2.35 bits per heavy atom. The normalized spacial score (nSPS) is 12.4. The summed E-state index contributed by atoms with van der Waals surface area (Å²) < 4.78 is 5.18. The van der Waals surface area contributed by atoms with Gasteiger partial charge in [-0.05, 0) is 33.3 Å². The van der Waals surface area contributed by atoms with E-state index < -0.39 is 23.6 Å². The first-order chi connectivity index (χ1) is 9.28. The number of hydrogen-bond acceptors (Lipinski definition) is 3. The molecule has 0 spiro atoms. The van der Waals surface area contributed by atoms with Crippen molar-refractivity contribution in [2.75, 3.05) is 0 Å². The molecule has 20 heavy (non-hydrogen) atoms. The van der Waals surface area contributed by atoms with Gasteiger partial charge in [0.15, 0.2) is 0 Å². The number of amides is 2. The van der Waals surface area contributed by atoms with Crippen LogP contribution in [0, 0.1) is 0 Å². The Kier molecular flexibility index (Phi) is 5.55. The Bertz CT molecular complexity index is 452. The molecule has 0 bridgehead atoms. The molecule has 2 N–H and O–H groups in total. The quantitative estimate of drug-likeness (QED) is 0.830. The molecule has 2 amide bonds. The second-order valence-electron chi connectivity index (χ2n) is 5.57. The summed E-state index contributed by atoms with van der Waals surface area (Å²) in [5, 5.41) is 5.24. The minimum absolute atomic E-state index is 0.396. The van der Waals surface area contributed by atoms with Crippen molar-refractivity contribution in [1.82, 2.24) is 10.6 Å². The van der Waals surface area contributed by atoms with Crippen LogP contribution in [0.15, 0.2) is 30.3 Å². The topological polar surface area (TPSA) is 67.4 Å². The summed E-state index contributed by atoms with van der Waals surface area (Å²) in [6, 6.07) is 8.46. The molecular formula is C15H22N2O3. The molecule has 0 heterocycles. The predicted octanol–water partition coefficient (Wildman–Crippen LogP) is 2.22. The van der Waals surface area contributed by atoms with Gasteiger partial charge in [-0.25, -0.2) is 9.59 Å². The molecule has 0 aliphatic rings. The summed E-state index contributed by atoms with van der Waals surface area (Å²) in [5.41, 5.74) is 0.431. The molecule has 0 radical (unpaired) electrons. The largest absolute Gasteiger partial charge is 0.458 e. The van der Waals surface area contributed by atoms with Crippen molar-refractivity contribution in [3.8, 4) is 0 Å². The fourth-order valence-electron chi connectivity index (χ4n) is 1.47. The average molecular weight is 278 g/mol. The Balaban J connectivity index is 2.36. The molecule has 1 atom stereocenters. The second kappa shape index (κ2) is 6.93. The van der Waals surface area contributed by atoms with Gasteiger partial charge in [-0.3, -0.25) is 0 Å². The van der Waals surface area contributed by atoms with Crippen LogP contribution in [-0.2, 0) is 16.1 Å². The molecule has 1 rings (SSSR count). The van der Waals surface area contributed by atoms with E-state index in [2.05, 4.69) is 10.6 Å². The number of esters is 1. The molecule has 0 aliphatic heterocycles. The number of carbonyl (C=O) groups is 2. The van der Waals surface area contributed by atoms with Crippen LogP contribution in [0.3, 0.4) is 0 Å². The first-order valence-electron chi connectivity index (χ1n) is 6.59. The van der Waals surface area contributed by atoms with Crippen LogP contribution in [0.4, 0.5) is 4.79 Å². The van der Waals surface area contributed by atoms with Gasteiger partial charge in [-0.15, -0.1) is 0 Å². The molecule has 0 saturated heterocycles. The van der Waals surface area contributed by atoms with E-state index in [4.69, 9.17) is 4.74 Å². The van der Waals surface area contributed by atoms with Gasteiger partial charge in [0.25, 0.3) is 0 Å². The number of carbonyl (C=O) groups excluding carboxylic acids is 2. The Morgan fingerprint density at radius 2 is 1.80 bits per heavy atom. The third kappa shape index (κ3) is 6.22. The highest BCUT2D eigenvalue weighted by molar-refractivity contribution is 5.83. The van der Waals surface area contributed by atoms with Crippen molar-refractivity contribution in [2.45, 2.75) is 45.9 Å². The minimum atomic E-state index is -0.690. The summed E-state index contributed by atoms with van der Waals surface area (Å²) in [5.74, 6) is -0.452. The molecule has 0 saturated carbocycles. The van der Waals surface area contributed by atoms with Crippen molar-refractivity contribution in [1.29, 1.82) is 0 Å². The monoisotopic (exact) mass is 278 g/mol. The van der Waals surface area contributed by atoms with E-state index in [0.29, 0.717) is 6.54 Å². The van der Waals surface area contributed by atoms with Crippen molar-refractivity contribution in [3.63, 3.8) is 0 Å². The smallest absolute Gasteiger partial charge is 0.328 e. The number of urea groups is 1. The number of ether oxygens (including phenoxy) is 1. The Morgan fingerprint density at radius 1 is 1.20 bits per heavy atom. The molecular weight excluding hydrogens is 256 g/mol. The van der Waals surface area contributed by atoms with Crippen molar-refractivity contribution >= 4 is 12.0 Å². The highest BCUT2D eigenvalue weighted by Gasteiger charge is 2.22. The van der Waals surface area contributed by atoms with E-state index in [1.54, 1.807) is 27.7 Å². The van der Waals surface area contributed by atoms with Crippen molar-refractivity contribution in [2.24, 2.45) is 0 Å². The summed E-state index contributed by atoms with van der Waals surface area (Å²) in [6.45, 7) is 7.36. The standard InChI is InChI=1S/C15H22N2O3/c1-11(13(18)20-15(2,3)4)17-14(19)16-10-12-8-6-5-7-9-12/h5-9,11H,10H2,1-4H3,(H2,16,17,19)/t11-/m1/s1. The van der Waals surface area contributed by atoms with E-state index >= 15 is 0 Å². The molecule has 0 unspecified atom stereocenters. The van der Waals surface area contributed by atoms with E-state index in [0.717, 1.165) is 5.56 Å². The van der Waals surface area contributed by atoms with Crippen LogP contribution in [-0.4, -0.2) is 23.6 Å². The zero-order chi connectivity index (χ0) is 15.2. The first-order valence-corrected chi connectivity index (χ1v) is 6.59. The lowest BCUT2D eigenvalue weighted by Crippen LogP contribution is -2.46. The van der Waals surface area contributed by atoms with Crippen LogP contribution in [0.1, 0.15) is 33.3 Å². The van der Waals surface area contributed by atoms with Crippen molar-refractivity contribution in [3.05, 3.63) is 35.9 Å². The summed E-state index contributed by atoms with van der Waals surface area (Å²) >= 11 is 0. The summed E-state index contributed by atoms with van der Waals surface area (Å²) in [7, 11) is 0. The maximum absolute atomic E-state index is 11.7. The fraction of sp³-hybridized carbons (Fsp3) is 0.467. The Labute approximate surface area is 119 Å². The van der Waals surface area contributed by atoms with E-state index in [1.807, 2.05) is 30.3 Å². The number of benzene rings is 1. The van der Waals surface area contributed by atoms with Gasteiger partial charge >= 0.3 is 12.0 Å². The predicted molar refractivity (Wildman–Crippen MR) is 77.1 cm³/mol. The minimum Gasteiger partial charge on any atom is -0.458 e. The van der Waals surface area contributed by atoms with Gasteiger partial charge in [0.2, 0.25) is 0 Å². The SMILES string of the molecule is C[C@@H](NC(=O)NCc1ccccc1)C(=O)OC(C)(C)C. The van der Waals surface area contributed by atoms with Gasteiger partial charge in [0, 0.05) is 6.54 Å². The zero-order valence-electron chi connectivity index (χ0n) is 12.4. The summed E-state index contributed by atoms with van der Waals surface area (Å²) in [6.07, 6.45) is 0. The highest BCUT2D eigenvalue weighted by Crippen LogP contribution is 2.08. The second-order valence-corrected chi connectivity index (χ2v) is 5.57. The van der Waals surface area contributed by atoms with Gasteiger partial charge in [-0.1, -0.05) is 30.3 Å². The lowest BCUT2D eigenvalue weighted by atomic mass is 10.2. The number of hydrogen-bond donors (Lipinski definition) is 2. The lowest BCUT2D eigenvalue weighted by Gasteiger charge is -2.22. The number of rotatable bonds is 4. The van der Waals surface area contributed by atoms with Gasteiger partial charge in [0.05, 0.1) is 0 Å². The molecule has 5 nitrogen and oxygen atoms in total. The third-order valence-corrected chi connectivity index (χ3v) is 2.40. The van der Waals surface area contributed by atoms with Crippen LogP contribution < -0.4 is 10.6 Å². The maximum atomic E-state index is 11.7. The zero-order valence-corrected chi connectivity index (χ0v) is 12.4. The Hall–Kier alpha value is -2.04. The summed E-state index contributed by atoms with van der Waals surface area (Å²) in [4.78, 5) is 23.4. The number of nitrogens with one attached hydrogen (secondary N) is 2. The van der Waals surface area contributed by atoms with Crippen LogP contribution >= 0.6 is 0 Å². The van der Waals surface area contributed by atoms with Crippen molar-refractivity contribution < 1.29 is 14.3 Å². The molecule has 1 aromatic rings. The molecule has 5 heteroatoms. The molecule has 0 fully saturated rings. The van der Waals surface area contributed by atoms with Gasteiger partial charge in [-0.2, -0.15) is 0 Å². The molecule has 110 valence electrons. The van der Waals surface area contributed by atoms with Crippen LogP contribution in [0.5, 0.6) is 0 Å². The van der Waals surface area contributed by atoms with Crippen LogP contribution in [0.25, 0.3) is 0 Å². The molecule has 0 aliphatic carbocycles. The van der Waals surface area contributed by atoms with Gasteiger partial charge < -0.3 is 15.4 Å². The average Bonchev–Trinajstić information content (AvgIpc) is 2.35. The van der Waals surface area contributed by atoms with E-state index in [-0.39, 0.29) is 0 Å². The van der Waals surface area contributed by atoms with Gasteiger partial charge in [0.1, 0.15) is 11.6 Å².